The summed E-state index contributed by atoms with van der Waals surface area (Å²) < 4.78 is 12.9. The molecular formula is C34H35N5O3. The van der Waals surface area contributed by atoms with Gasteiger partial charge in [-0.1, -0.05) is 55.3 Å². The molecule has 0 spiro atoms. The molecule has 8 nitrogen and oxygen atoms in total. The Hall–Kier alpha value is -4.72. The van der Waals surface area contributed by atoms with Gasteiger partial charge < -0.3 is 14.4 Å². The lowest BCUT2D eigenvalue weighted by molar-refractivity contribution is -0.132. The summed E-state index contributed by atoms with van der Waals surface area (Å²) in [6.45, 7) is 1.06. The first-order valence-electron chi connectivity index (χ1n) is 14.5. The van der Waals surface area contributed by atoms with Gasteiger partial charge >= 0.3 is 0 Å². The molecule has 0 saturated heterocycles. The molecule has 1 saturated carbocycles. The molecule has 5 aromatic rings. The van der Waals surface area contributed by atoms with Crippen molar-refractivity contribution in [3.63, 3.8) is 0 Å². The third kappa shape index (κ3) is 5.70. The molecular weight excluding hydrogens is 526 g/mol. The average Bonchev–Trinajstić information content (AvgIpc) is 3.73. The van der Waals surface area contributed by atoms with Crippen LogP contribution in [0.25, 0.3) is 33.5 Å². The zero-order chi connectivity index (χ0) is 28.9. The van der Waals surface area contributed by atoms with E-state index in [0.717, 1.165) is 53.1 Å². The molecule has 0 bridgehead atoms. The second-order valence-electron chi connectivity index (χ2n) is 10.6. The first-order chi connectivity index (χ1) is 20.6. The van der Waals surface area contributed by atoms with E-state index in [1.54, 1.807) is 26.6 Å². The molecule has 8 heteroatoms. The molecule has 2 heterocycles. The number of fused-ring (bicyclic) bond motifs is 1. The van der Waals surface area contributed by atoms with Crippen LogP contribution in [0.1, 0.15) is 31.2 Å². The van der Waals surface area contributed by atoms with Crippen molar-refractivity contribution in [3.8, 4) is 34.3 Å². The van der Waals surface area contributed by atoms with Crippen LogP contribution in [-0.4, -0.2) is 57.4 Å². The van der Waals surface area contributed by atoms with Gasteiger partial charge in [0.2, 0.25) is 5.91 Å². The van der Waals surface area contributed by atoms with Crippen molar-refractivity contribution in [1.82, 2.24) is 24.6 Å². The van der Waals surface area contributed by atoms with Crippen molar-refractivity contribution in [2.24, 2.45) is 0 Å². The minimum Gasteiger partial charge on any atom is -0.493 e. The van der Waals surface area contributed by atoms with E-state index in [4.69, 9.17) is 19.6 Å². The van der Waals surface area contributed by atoms with E-state index >= 15 is 0 Å². The first-order valence-corrected chi connectivity index (χ1v) is 14.5. The van der Waals surface area contributed by atoms with Gasteiger partial charge in [-0.15, -0.1) is 0 Å². The predicted octanol–water partition coefficient (Wildman–Crippen LogP) is 6.19. The molecule has 214 valence electrons. The summed E-state index contributed by atoms with van der Waals surface area (Å²) in [5.41, 5.74) is 2.80. The van der Waals surface area contributed by atoms with E-state index in [0.29, 0.717) is 42.7 Å². The van der Waals surface area contributed by atoms with Gasteiger partial charge in [0.05, 0.1) is 27.2 Å². The third-order valence-electron chi connectivity index (χ3n) is 8.11. The normalized spacial score (nSPS) is 13.4. The predicted molar refractivity (Wildman–Crippen MR) is 163 cm³/mol. The van der Waals surface area contributed by atoms with Crippen molar-refractivity contribution in [3.05, 3.63) is 90.8 Å². The zero-order valence-electron chi connectivity index (χ0n) is 24.1. The lowest BCUT2D eigenvalue weighted by atomic mass is 10.0. The second-order valence-corrected chi connectivity index (χ2v) is 10.6. The van der Waals surface area contributed by atoms with Crippen molar-refractivity contribution < 1.29 is 14.3 Å². The van der Waals surface area contributed by atoms with Crippen LogP contribution in [0.15, 0.2) is 85.2 Å². The monoisotopic (exact) mass is 561 g/mol. The van der Waals surface area contributed by atoms with Crippen molar-refractivity contribution >= 4 is 16.7 Å². The highest BCUT2D eigenvalue weighted by molar-refractivity contribution is 5.90. The lowest BCUT2D eigenvalue weighted by Gasteiger charge is -2.29. The Morgan fingerprint density at radius 3 is 2.45 bits per heavy atom. The van der Waals surface area contributed by atoms with E-state index in [1.165, 1.54) is 0 Å². The highest BCUT2D eigenvalue weighted by Gasteiger charge is 2.27. The summed E-state index contributed by atoms with van der Waals surface area (Å²) in [4.78, 5) is 25.1. The summed E-state index contributed by atoms with van der Waals surface area (Å²) >= 11 is 0. The molecule has 0 N–H and O–H groups in total. The minimum absolute atomic E-state index is 0.153. The number of methoxy groups -OCH3 is 2. The number of aromatic nitrogens is 4. The molecule has 0 aliphatic heterocycles. The van der Waals surface area contributed by atoms with E-state index in [-0.39, 0.29) is 11.9 Å². The van der Waals surface area contributed by atoms with Gasteiger partial charge in [0.1, 0.15) is 0 Å². The van der Waals surface area contributed by atoms with Gasteiger partial charge in [0.15, 0.2) is 23.1 Å². The highest BCUT2D eigenvalue weighted by Crippen LogP contribution is 2.33. The number of hydrogen-bond acceptors (Lipinski definition) is 6. The number of pyridine rings is 1. The maximum absolute atomic E-state index is 13.9. The average molecular weight is 562 g/mol. The smallest absolute Gasteiger partial charge is 0.227 e. The standard InChI is InChI=1S/C34H35N5O3/c1-41-30-15-14-27(22-31(30)42-2)34-36-33(25-16-18-35-19-17-25)37-39(34)21-20-38(28-11-4-5-12-28)32(40)23-26-10-7-9-24-8-3-6-13-29(24)26/h3,6-10,13-19,22,28H,4-5,11-12,20-21,23H2,1-2H3. The lowest BCUT2D eigenvalue weighted by Crippen LogP contribution is -2.42. The number of ether oxygens (including phenoxy) is 2. The van der Waals surface area contributed by atoms with Gasteiger partial charge in [-0.05, 0) is 59.5 Å². The maximum atomic E-state index is 13.9. The largest absolute Gasteiger partial charge is 0.493 e. The molecule has 0 radical (unpaired) electrons. The van der Waals surface area contributed by atoms with Crippen LogP contribution in [0.2, 0.25) is 0 Å². The van der Waals surface area contributed by atoms with Crippen LogP contribution in [0.4, 0.5) is 0 Å². The zero-order valence-corrected chi connectivity index (χ0v) is 24.1. The van der Waals surface area contributed by atoms with Crippen LogP contribution in [0.5, 0.6) is 11.5 Å². The van der Waals surface area contributed by atoms with E-state index in [1.807, 2.05) is 53.2 Å². The van der Waals surface area contributed by atoms with Gasteiger partial charge in [0, 0.05) is 36.1 Å². The van der Waals surface area contributed by atoms with E-state index < -0.39 is 0 Å². The van der Waals surface area contributed by atoms with Crippen LogP contribution in [0, 0.1) is 0 Å². The number of hydrogen-bond donors (Lipinski definition) is 0. The Morgan fingerprint density at radius 1 is 0.905 bits per heavy atom. The number of carbonyl (C=O) groups excluding carboxylic acids is 1. The Morgan fingerprint density at radius 2 is 1.67 bits per heavy atom. The summed E-state index contributed by atoms with van der Waals surface area (Å²) in [5, 5.41) is 7.19. The summed E-state index contributed by atoms with van der Waals surface area (Å²) in [7, 11) is 3.24. The fraction of sp³-hybridized carbons (Fsp3) is 0.294. The van der Waals surface area contributed by atoms with Gasteiger partial charge in [0.25, 0.3) is 0 Å². The summed E-state index contributed by atoms with van der Waals surface area (Å²) in [6.07, 6.45) is 8.21. The maximum Gasteiger partial charge on any atom is 0.227 e. The first kappa shape index (κ1) is 27.4. The summed E-state index contributed by atoms with van der Waals surface area (Å²) in [5.74, 6) is 2.73. The van der Waals surface area contributed by atoms with Crippen LogP contribution >= 0.6 is 0 Å². The van der Waals surface area contributed by atoms with Crippen LogP contribution in [-0.2, 0) is 17.8 Å². The van der Waals surface area contributed by atoms with Gasteiger partial charge in [-0.2, -0.15) is 5.10 Å². The number of amides is 1. The number of benzene rings is 3. The molecule has 6 rings (SSSR count). The fourth-order valence-corrected chi connectivity index (χ4v) is 5.95. The second kappa shape index (κ2) is 12.4. The van der Waals surface area contributed by atoms with Crippen LogP contribution in [0.3, 0.4) is 0 Å². The molecule has 1 aliphatic rings. The Labute approximate surface area is 245 Å². The Bertz CT molecular complexity index is 1670. The van der Waals surface area contributed by atoms with Crippen molar-refractivity contribution in [2.45, 2.75) is 44.7 Å². The minimum atomic E-state index is 0.153. The Balaban J connectivity index is 1.31. The summed E-state index contributed by atoms with van der Waals surface area (Å²) in [6, 6.07) is 24.2. The number of nitrogens with zero attached hydrogens (tertiary/aromatic N) is 5. The molecule has 1 aliphatic carbocycles. The van der Waals surface area contributed by atoms with Gasteiger partial charge in [-0.3, -0.25) is 9.78 Å². The van der Waals surface area contributed by atoms with E-state index in [2.05, 4.69) is 34.1 Å². The van der Waals surface area contributed by atoms with E-state index in [9.17, 15) is 4.79 Å². The molecule has 1 amide bonds. The SMILES string of the molecule is COc1ccc(-c2nc(-c3ccncc3)nn2CCN(C(=O)Cc2cccc3ccccc23)C2CCCC2)cc1OC. The molecule has 0 atom stereocenters. The van der Waals surface area contributed by atoms with Gasteiger partial charge in [-0.25, -0.2) is 9.67 Å². The molecule has 2 aromatic heterocycles. The van der Waals surface area contributed by atoms with Crippen LogP contribution < -0.4 is 9.47 Å². The molecule has 0 unspecified atom stereocenters. The number of rotatable bonds is 10. The Kier molecular flexibility index (Phi) is 8.12. The number of carbonyl (C=O) groups is 1. The quantitative estimate of drug-likeness (QED) is 0.202. The fourth-order valence-electron chi connectivity index (χ4n) is 5.95. The topological polar surface area (TPSA) is 82.4 Å². The van der Waals surface area contributed by atoms with Crippen molar-refractivity contribution in [2.75, 3.05) is 20.8 Å². The molecule has 42 heavy (non-hydrogen) atoms. The third-order valence-corrected chi connectivity index (χ3v) is 8.11. The molecule has 3 aromatic carbocycles. The highest BCUT2D eigenvalue weighted by atomic mass is 16.5. The van der Waals surface area contributed by atoms with Crippen molar-refractivity contribution in [1.29, 1.82) is 0 Å². The molecule has 1 fully saturated rings.